The Morgan fingerprint density at radius 2 is 1.75 bits per heavy atom. The van der Waals surface area contributed by atoms with Crippen LogP contribution in [0, 0.1) is 11.3 Å². The first-order valence-corrected chi connectivity index (χ1v) is 6.18. The Bertz CT molecular complexity index is 117. The minimum atomic E-state index is 0.402. The van der Waals surface area contributed by atoms with E-state index in [1.54, 1.807) is 0 Å². The average molecular weight is 283 g/mol. The summed E-state index contributed by atoms with van der Waals surface area (Å²) in [4.78, 5) is 0. The SMILES string of the molecule is CC(CI)[C@@H](C)NCC(C)(C)C. The van der Waals surface area contributed by atoms with Crippen molar-refractivity contribution in [2.24, 2.45) is 11.3 Å². The molecule has 0 amide bonds. The van der Waals surface area contributed by atoms with Gasteiger partial charge in [-0.1, -0.05) is 50.3 Å². The van der Waals surface area contributed by atoms with Gasteiger partial charge in [0.15, 0.2) is 0 Å². The van der Waals surface area contributed by atoms with Gasteiger partial charge >= 0.3 is 0 Å². The van der Waals surface area contributed by atoms with Crippen LogP contribution in [0.15, 0.2) is 0 Å². The fourth-order valence-corrected chi connectivity index (χ4v) is 1.56. The Labute approximate surface area is 90.8 Å². The van der Waals surface area contributed by atoms with Crippen molar-refractivity contribution in [2.45, 2.75) is 40.7 Å². The van der Waals surface area contributed by atoms with E-state index in [4.69, 9.17) is 0 Å². The van der Waals surface area contributed by atoms with Crippen molar-refractivity contribution in [3.8, 4) is 0 Å². The number of hydrogen-bond donors (Lipinski definition) is 1. The fraction of sp³-hybridized carbons (Fsp3) is 1.00. The summed E-state index contributed by atoms with van der Waals surface area (Å²) < 4.78 is 1.23. The van der Waals surface area contributed by atoms with E-state index in [1.165, 1.54) is 4.43 Å². The van der Waals surface area contributed by atoms with Crippen molar-refractivity contribution in [1.29, 1.82) is 0 Å². The standard InChI is InChI=1S/C10H22IN/c1-8(6-11)9(2)12-7-10(3,4)5/h8-9,12H,6-7H2,1-5H3/t8?,9-/m1/s1. The zero-order chi connectivity index (χ0) is 9.78. The largest absolute Gasteiger partial charge is 0.313 e. The maximum absolute atomic E-state index is 3.57. The highest BCUT2D eigenvalue weighted by Gasteiger charge is 2.14. The zero-order valence-corrected chi connectivity index (χ0v) is 11.1. The average Bonchev–Trinajstić information content (AvgIpc) is 1.97. The molecule has 0 rings (SSSR count). The molecule has 0 spiro atoms. The van der Waals surface area contributed by atoms with Crippen LogP contribution >= 0.6 is 22.6 Å². The summed E-state index contributed by atoms with van der Waals surface area (Å²) in [6.45, 7) is 12.5. The summed E-state index contributed by atoms with van der Waals surface area (Å²) in [5.41, 5.74) is 0.402. The third-order valence-corrected chi connectivity index (χ3v) is 3.44. The van der Waals surface area contributed by atoms with Gasteiger partial charge in [-0.3, -0.25) is 0 Å². The Morgan fingerprint density at radius 1 is 1.25 bits per heavy atom. The first-order valence-electron chi connectivity index (χ1n) is 4.66. The van der Waals surface area contributed by atoms with Crippen LogP contribution in [0.1, 0.15) is 34.6 Å². The molecule has 1 nitrogen and oxygen atoms in total. The highest BCUT2D eigenvalue weighted by Crippen LogP contribution is 2.13. The normalized spacial score (nSPS) is 17.5. The number of alkyl halides is 1. The maximum Gasteiger partial charge on any atom is 0.00719 e. The molecule has 0 saturated heterocycles. The lowest BCUT2D eigenvalue weighted by atomic mass is 9.95. The van der Waals surface area contributed by atoms with Gasteiger partial charge in [-0.2, -0.15) is 0 Å². The molecule has 12 heavy (non-hydrogen) atoms. The Kier molecular flexibility index (Phi) is 5.74. The number of nitrogens with one attached hydrogen (secondary N) is 1. The van der Waals surface area contributed by atoms with Crippen LogP contribution in [0.25, 0.3) is 0 Å². The molecule has 2 heteroatoms. The van der Waals surface area contributed by atoms with Gasteiger partial charge in [-0.25, -0.2) is 0 Å². The quantitative estimate of drug-likeness (QED) is 0.617. The minimum absolute atomic E-state index is 0.402. The molecule has 1 unspecified atom stereocenters. The van der Waals surface area contributed by atoms with E-state index in [-0.39, 0.29) is 0 Å². The van der Waals surface area contributed by atoms with Crippen molar-refractivity contribution in [3.63, 3.8) is 0 Å². The monoisotopic (exact) mass is 283 g/mol. The fourth-order valence-electron chi connectivity index (χ4n) is 0.802. The molecule has 2 atom stereocenters. The second kappa shape index (κ2) is 5.43. The van der Waals surface area contributed by atoms with E-state index in [9.17, 15) is 0 Å². The number of hydrogen-bond acceptors (Lipinski definition) is 1. The Hall–Kier alpha value is 0.690. The van der Waals surface area contributed by atoms with Gasteiger partial charge in [0.25, 0.3) is 0 Å². The molecule has 0 aliphatic rings. The van der Waals surface area contributed by atoms with Crippen molar-refractivity contribution in [2.75, 3.05) is 11.0 Å². The van der Waals surface area contributed by atoms with Crippen LogP contribution in [0.5, 0.6) is 0 Å². The van der Waals surface area contributed by atoms with Gasteiger partial charge in [0.1, 0.15) is 0 Å². The maximum atomic E-state index is 3.57. The van der Waals surface area contributed by atoms with Crippen LogP contribution in [0.3, 0.4) is 0 Å². The van der Waals surface area contributed by atoms with Crippen molar-refractivity contribution in [3.05, 3.63) is 0 Å². The molecule has 0 bridgehead atoms. The lowest BCUT2D eigenvalue weighted by molar-refractivity contribution is 0.329. The molecule has 74 valence electrons. The smallest absolute Gasteiger partial charge is 0.00719 e. The van der Waals surface area contributed by atoms with Gasteiger partial charge in [0.05, 0.1) is 0 Å². The van der Waals surface area contributed by atoms with Gasteiger partial charge in [0.2, 0.25) is 0 Å². The highest BCUT2D eigenvalue weighted by molar-refractivity contribution is 14.1. The van der Waals surface area contributed by atoms with E-state index < -0.39 is 0 Å². The second-order valence-corrected chi connectivity index (χ2v) is 5.74. The minimum Gasteiger partial charge on any atom is -0.313 e. The van der Waals surface area contributed by atoms with Crippen LogP contribution in [-0.4, -0.2) is 17.0 Å². The van der Waals surface area contributed by atoms with Crippen LogP contribution in [0.4, 0.5) is 0 Å². The summed E-state index contributed by atoms with van der Waals surface area (Å²) in [6, 6.07) is 0.640. The van der Waals surface area contributed by atoms with Gasteiger partial charge < -0.3 is 5.32 Å². The lowest BCUT2D eigenvalue weighted by Crippen LogP contribution is -2.38. The first kappa shape index (κ1) is 12.7. The molecule has 0 radical (unpaired) electrons. The van der Waals surface area contributed by atoms with Crippen LogP contribution in [0.2, 0.25) is 0 Å². The molecule has 0 aromatic rings. The highest BCUT2D eigenvalue weighted by atomic mass is 127. The van der Waals surface area contributed by atoms with Gasteiger partial charge in [-0.05, 0) is 18.3 Å². The predicted molar refractivity (Wildman–Crippen MR) is 65.0 cm³/mol. The van der Waals surface area contributed by atoms with E-state index in [0.29, 0.717) is 11.5 Å². The Morgan fingerprint density at radius 3 is 2.08 bits per heavy atom. The molecular formula is C10H22IN. The van der Waals surface area contributed by atoms with Crippen molar-refractivity contribution >= 4 is 22.6 Å². The Balaban J connectivity index is 3.64. The van der Waals surface area contributed by atoms with Crippen LogP contribution < -0.4 is 5.32 Å². The first-order chi connectivity index (χ1) is 5.37. The van der Waals surface area contributed by atoms with Gasteiger partial charge in [-0.15, -0.1) is 0 Å². The number of halogens is 1. The summed E-state index contributed by atoms with van der Waals surface area (Å²) in [5, 5.41) is 3.57. The predicted octanol–water partition coefficient (Wildman–Crippen LogP) is 3.08. The molecule has 0 saturated carbocycles. The molecule has 0 heterocycles. The second-order valence-electron chi connectivity index (χ2n) is 4.86. The van der Waals surface area contributed by atoms with E-state index >= 15 is 0 Å². The number of rotatable bonds is 4. The zero-order valence-electron chi connectivity index (χ0n) is 8.95. The third kappa shape index (κ3) is 6.23. The molecule has 0 aliphatic heterocycles. The summed E-state index contributed by atoms with van der Waals surface area (Å²) in [7, 11) is 0. The molecular weight excluding hydrogens is 261 g/mol. The summed E-state index contributed by atoms with van der Waals surface area (Å²) in [5.74, 6) is 0.771. The summed E-state index contributed by atoms with van der Waals surface area (Å²) >= 11 is 2.45. The van der Waals surface area contributed by atoms with Crippen LogP contribution in [-0.2, 0) is 0 Å². The third-order valence-electron chi connectivity index (χ3n) is 2.05. The molecule has 0 aromatic heterocycles. The van der Waals surface area contributed by atoms with Crippen molar-refractivity contribution < 1.29 is 0 Å². The van der Waals surface area contributed by atoms with Crippen molar-refractivity contribution in [1.82, 2.24) is 5.32 Å². The van der Waals surface area contributed by atoms with Gasteiger partial charge in [0, 0.05) is 17.0 Å². The topological polar surface area (TPSA) is 12.0 Å². The molecule has 0 aliphatic carbocycles. The van der Waals surface area contributed by atoms with E-state index in [0.717, 1.165) is 12.5 Å². The molecule has 0 aromatic carbocycles. The van der Waals surface area contributed by atoms with E-state index in [1.807, 2.05) is 0 Å². The molecule has 1 N–H and O–H groups in total. The molecule has 0 fully saturated rings. The lowest BCUT2D eigenvalue weighted by Gasteiger charge is -2.25. The summed E-state index contributed by atoms with van der Waals surface area (Å²) in [6.07, 6.45) is 0. The van der Waals surface area contributed by atoms with E-state index in [2.05, 4.69) is 62.5 Å².